The normalized spacial score (nSPS) is 10.6. The largest absolute Gasteiger partial charge is 0.344 e. The molecule has 0 N–H and O–H groups in total. The lowest BCUT2D eigenvalue weighted by atomic mass is 10.1. The van der Waals surface area contributed by atoms with Crippen LogP contribution in [0.15, 0.2) is 24.4 Å². The van der Waals surface area contributed by atoms with E-state index in [9.17, 15) is 14.9 Å². The van der Waals surface area contributed by atoms with E-state index in [0.29, 0.717) is 16.5 Å². The van der Waals surface area contributed by atoms with Crippen molar-refractivity contribution in [2.45, 2.75) is 6.92 Å². The maximum Gasteiger partial charge on any atom is 0.294 e. The third kappa shape index (κ3) is 1.46. The van der Waals surface area contributed by atoms with E-state index in [0.717, 1.165) is 0 Å². The van der Waals surface area contributed by atoms with E-state index in [1.54, 1.807) is 29.8 Å². The number of carbonyl (C=O) groups excluding carboxylic acids is 1. The Hall–Kier alpha value is -2.17. The molecule has 16 heavy (non-hydrogen) atoms. The number of fused-ring (bicyclic) bond motifs is 1. The number of aromatic nitrogens is 1. The molecule has 0 aliphatic carbocycles. The summed E-state index contributed by atoms with van der Waals surface area (Å²) in [5.41, 5.74) is 1.32. The molecule has 0 unspecified atom stereocenters. The number of carbonyl (C=O) groups is 1. The van der Waals surface area contributed by atoms with Crippen molar-refractivity contribution in [2.24, 2.45) is 7.05 Å². The monoisotopic (exact) mass is 218 g/mol. The van der Waals surface area contributed by atoms with Crippen molar-refractivity contribution in [2.75, 3.05) is 0 Å². The fourth-order valence-electron chi connectivity index (χ4n) is 1.73. The van der Waals surface area contributed by atoms with Crippen molar-refractivity contribution in [3.8, 4) is 0 Å². The van der Waals surface area contributed by atoms with Gasteiger partial charge in [-0.05, 0) is 19.1 Å². The quantitative estimate of drug-likeness (QED) is 0.441. The molecule has 0 fully saturated rings. The Morgan fingerprint density at radius 1 is 1.44 bits per heavy atom. The number of benzene rings is 1. The third-order valence-corrected chi connectivity index (χ3v) is 2.57. The Bertz CT molecular complexity index is 599. The molecule has 1 aromatic heterocycles. The maximum absolute atomic E-state index is 11.2. The smallest absolute Gasteiger partial charge is 0.294 e. The number of Topliss-reactive ketones (excluding diaryl/α,β-unsaturated/α-hetero) is 1. The van der Waals surface area contributed by atoms with Crippen molar-refractivity contribution in [1.82, 2.24) is 4.57 Å². The zero-order valence-corrected chi connectivity index (χ0v) is 8.93. The van der Waals surface area contributed by atoms with E-state index in [-0.39, 0.29) is 11.5 Å². The number of rotatable bonds is 2. The van der Waals surface area contributed by atoms with Crippen molar-refractivity contribution in [3.05, 3.63) is 40.1 Å². The van der Waals surface area contributed by atoms with Crippen LogP contribution < -0.4 is 0 Å². The number of ketones is 1. The van der Waals surface area contributed by atoms with E-state index in [1.807, 2.05) is 0 Å². The van der Waals surface area contributed by atoms with Gasteiger partial charge < -0.3 is 4.57 Å². The summed E-state index contributed by atoms with van der Waals surface area (Å²) in [7, 11) is 1.72. The molecule has 0 bridgehead atoms. The molecule has 0 spiro atoms. The van der Waals surface area contributed by atoms with Crippen LogP contribution in [0, 0.1) is 10.1 Å². The molecular formula is C11H10N2O3. The van der Waals surface area contributed by atoms with Gasteiger partial charge in [-0.1, -0.05) is 6.07 Å². The summed E-state index contributed by atoms with van der Waals surface area (Å²) >= 11 is 0. The van der Waals surface area contributed by atoms with Gasteiger partial charge in [0, 0.05) is 12.6 Å². The average Bonchev–Trinajstić information content (AvgIpc) is 2.56. The first kappa shape index (κ1) is 10.4. The number of nitrogens with zero attached hydrogens (tertiary/aromatic N) is 2. The van der Waals surface area contributed by atoms with Gasteiger partial charge >= 0.3 is 0 Å². The first-order valence-electron chi connectivity index (χ1n) is 4.75. The standard InChI is InChI=1S/C11H10N2O3/c1-7(14)8-3-4-9-10(5-8)12(2)6-11(9)13(15)16/h3-6H,1-2H3. The summed E-state index contributed by atoms with van der Waals surface area (Å²) in [4.78, 5) is 21.5. The lowest BCUT2D eigenvalue weighted by Crippen LogP contribution is -1.92. The number of hydrogen-bond acceptors (Lipinski definition) is 3. The highest BCUT2D eigenvalue weighted by molar-refractivity contribution is 5.99. The van der Waals surface area contributed by atoms with Gasteiger partial charge in [-0.25, -0.2) is 0 Å². The summed E-state index contributed by atoms with van der Waals surface area (Å²) in [5, 5.41) is 11.3. The molecule has 2 rings (SSSR count). The molecule has 0 radical (unpaired) electrons. The van der Waals surface area contributed by atoms with Crippen LogP contribution in [0.2, 0.25) is 0 Å². The molecular weight excluding hydrogens is 208 g/mol. The van der Waals surface area contributed by atoms with E-state index in [2.05, 4.69) is 0 Å². The molecule has 2 aromatic rings. The molecule has 82 valence electrons. The van der Waals surface area contributed by atoms with Gasteiger partial charge in [0.25, 0.3) is 5.69 Å². The first-order valence-corrected chi connectivity index (χ1v) is 4.75. The predicted octanol–water partition coefficient (Wildman–Crippen LogP) is 2.29. The van der Waals surface area contributed by atoms with Crippen LogP contribution in [-0.4, -0.2) is 15.3 Å². The van der Waals surface area contributed by atoms with E-state index >= 15 is 0 Å². The van der Waals surface area contributed by atoms with Gasteiger partial charge in [0.05, 0.1) is 22.0 Å². The Morgan fingerprint density at radius 3 is 2.69 bits per heavy atom. The molecule has 0 saturated heterocycles. The first-order chi connectivity index (χ1) is 7.50. The SMILES string of the molecule is CC(=O)c1ccc2c([N+](=O)[O-])cn(C)c2c1. The average molecular weight is 218 g/mol. The molecule has 0 amide bonds. The Labute approximate surface area is 91.4 Å². The number of hydrogen-bond donors (Lipinski definition) is 0. The minimum absolute atomic E-state index is 0.0502. The van der Waals surface area contributed by atoms with Crippen LogP contribution in [0.5, 0.6) is 0 Å². The fourth-order valence-corrected chi connectivity index (χ4v) is 1.73. The summed E-state index contributed by atoms with van der Waals surface area (Å²) in [6, 6.07) is 4.90. The van der Waals surface area contributed by atoms with Gasteiger partial charge in [-0.15, -0.1) is 0 Å². The summed E-state index contributed by atoms with van der Waals surface area (Å²) in [6.45, 7) is 1.47. The second-order valence-electron chi connectivity index (χ2n) is 3.67. The van der Waals surface area contributed by atoms with Crippen LogP contribution in [0.1, 0.15) is 17.3 Å². The highest BCUT2D eigenvalue weighted by atomic mass is 16.6. The third-order valence-electron chi connectivity index (χ3n) is 2.57. The molecule has 5 nitrogen and oxygen atoms in total. The van der Waals surface area contributed by atoms with Crippen molar-refractivity contribution in [1.29, 1.82) is 0 Å². The zero-order valence-electron chi connectivity index (χ0n) is 8.93. The molecule has 0 aliphatic heterocycles. The molecule has 0 atom stereocenters. The van der Waals surface area contributed by atoms with Crippen LogP contribution >= 0.6 is 0 Å². The van der Waals surface area contributed by atoms with Gasteiger partial charge in [0.15, 0.2) is 5.78 Å². The predicted molar refractivity (Wildman–Crippen MR) is 59.6 cm³/mol. The molecule has 1 heterocycles. The van der Waals surface area contributed by atoms with Gasteiger partial charge in [-0.3, -0.25) is 14.9 Å². The maximum atomic E-state index is 11.2. The second-order valence-corrected chi connectivity index (χ2v) is 3.67. The molecule has 0 saturated carbocycles. The topological polar surface area (TPSA) is 65.1 Å². The van der Waals surface area contributed by atoms with E-state index in [4.69, 9.17) is 0 Å². The fraction of sp³-hybridized carbons (Fsp3) is 0.182. The van der Waals surface area contributed by atoms with Crippen molar-refractivity contribution in [3.63, 3.8) is 0 Å². The molecule has 1 aromatic carbocycles. The summed E-state index contributed by atoms with van der Waals surface area (Å²) < 4.78 is 1.65. The van der Waals surface area contributed by atoms with Gasteiger partial charge in [0.1, 0.15) is 0 Å². The van der Waals surface area contributed by atoms with E-state index < -0.39 is 4.92 Å². The van der Waals surface area contributed by atoms with Crippen molar-refractivity contribution >= 4 is 22.4 Å². The van der Waals surface area contributed by atoms with Crippen LogP contribution in [0.25, 0.3) is 10.9 Å². The van der Waals surface area contributed by atoms with Crippen LogP contribution in [-0.2, 0) is 7.05 Å². The summed E-state index contributed by atoms with van der Waals surface area (Å²) in [6.07, 6.45) is 1.45. The van der Waals surface area contributed by atoms with Crippen LogP contribution in [0.4, 0.5) is 5.69 Å². The molecule has 0 aliphatic rings. The Kier molecular flexibility index (Phi) is 2.23. The van der Waals surface area contributed by atoms with E-state index in [1.165, 1.54) is 13.1 Å². The van der Waals surface area contributed by atoms with Gasteiger partial charge in [-0.2, -0.15) is 0 Å². The number of aryl methyl sites for hydroxylation is 1. The highest BCUT2D eigenvalue weighted by Gasteiger charge is 2.16. The lowest BCUT2D eigenvalue weighted by molar-refractivity contribution is -0.383. The number of nitro groups is 1. The molecule has 5 heteroatoms. The Balaban J connectivity index is 2.76. The Morgan fingerprint density at radius 2 is 2.12 bits per heavy atom. The lowest BCUT2D eigenvalue weighted by Gasteiger charge is -1.97. The second kappa shape index (κ2) is 3.44. The van der Waals surface area contributed by atoms with Gasteiger partial charge in [0.2, 0.25) is 0 Å². The zero-order chi connectivity index (χ0) is 11.9. The minimum atomic E-state index is -0.421. The highest BCUT2D eigenvalue weighted by Crippen LogP contribution is 2.27. The minimum Gasteiger partial charge on any atom is -0.344 e. The van der Waals surface area contributed by atoms with Crippen molar-refractivity contribution < 1.29 is 9.72 Å². The summed E-state index contributed by atoms with van der Waals surface area (Å²) in [5.74, 6) is -0.0502. The van der Waals surface area contributed by atoms with Crippen LogP contribution in [0.3, 0.4) is 0 Å².